The second-order valence-electron chi connectivity index (χ2n) is 9.16. The summed E-state index contributed by atoms with van der Waals surface area (Å²) in [6, 6.07) is 1.23. The summed E-state index contributed by atoms with van der Waals surface area (Å²) in [6.07, 6.45) is 5.29. The molecule has 0 aliphatic heterocycles. The van der Waals surface area contributed by atoms with Gasteiger partial charge < -0.3 is 0 Å². The summed E-state index contributed by atoms with van der Waals surface area (Å²) in [7, 11) is 0. The Morgan fingerprint density at radius 1 is 0.870 bits per heavy atom. The molecule has 0 aromatic heterocycles. The molecule has 4 unspecified atom stereocenters. The van der Waals surface area contributed by atoms with Crippen LogP contribution < -0.4 is 0 Å². The molecule has 1 nitrogen and oxygen atoms in total. The summed E-state index contributed by atoms with van der Waals surface area (Å²) in [5.74, 6) is 3.07. The van der Waals surface area contributed by atoms with E-state index < -0.39 is 0 Å². The molecule has 0 spiro atoms. The third kappa shape index (κ3) is 6.07. The van der Waals surface area contributed by atoms with Gasteiger partial charge in [0.25, 0.3) is 0 Å². The van der Waals surface area contributed by atoms with E-state index in [9.17, 15) is 0 Å². The maximum absolute atomic E-state index is 2.84. The van der Waals surface area contributed by atoms with Crippen molar-refractivity contribution in [3.8, 4) is 0 Å². The van der Waals surface area contributed by atoms with E-state index in [2.05, 4.69) is 81.1 Å². The average Bonchev–Trinajstić information content (AvgIpc) is 2.44. The molecule has 1 heteroatoms. The SMILES string of the molecule is CCCC(CC(C)C)C(C)C(C)(CC)N(C(C)C)C(C)C(C)C. The fourth-order valence-corrected chi connectivity index (χ4v) is 4.64. The molecule has 0 aromatic carbocycles. The fraction of sp³-hybridized carbons (Fsp3) is 1.00. The predicted molar refractivity (Wildman–Crippen MR) is 107 cm³/mol. The summed E-state index contributed by atoms with van der Waals surface area (Å²) in [5, 5.41) is 0. The molecule has 0 saturated heterocycles. The van der Waals surface area contributed by atoms with Crippen molar-refractivity contribution < 1.29 is 0 Å². The summed E-state index contributed by atoms with van der Waals surface area (Å²) >= 11 is 0. The average molecular weight is 326 g/mol. The van der Waals surface area contributed by atoms with Crippen molar-refractivity contribution in [1.29, 1.82) is 0 Å². The van der Waals surface area contributed by atoms with Gasteiger partial charge in [0.2, 0.25) is 0 Å². The molecule has 0 N–H and O–H groups in total. The van der Waals surface area contributed by atoms with Gasteiger partial charge in [-0.2, -0.15) is 0 Å². The quantitative estimate of drug-likeness (QED) is 0.395. The standard InChI is InChI=1S/C22H47N/c1-12-14-21(15-16(3)4)19(9)22(11,13-2)23(18(7)8)20(10)17(5)6/h16-21H,12-15H2,1-11H3. The van der Waals surface area contributed by atoms with Gasteiger partial charge in [-0.25, -0.2) is 0 Å². The van der Waals surface area contributed by atoms with Crippen LogP contribution >= 0.6 is 0 Å². The van der Waals surface area contributed by atoms with Crippen molar-refractivity contribution in [3.05, 3.63) is 0 Å². The lowest BCUT2D eigenvalue weighted by atomic mass is 9.70. The Hall–Kier alpha value is -0.0400. The minimum atomic E-state index is 0.284. The van der Waals surface area contributed by atoms with Crippen molar-refractivity contribution in [2.75, 3.05) is 0 Å². The van der Waals surface area contributed by atoms with Crippen LogP contribution in [0.1, 0.15) is 102 Å². The fourth-order valence-electron chi connectivity index (χ4n) is 4.64. The molecule has 4 atom stereocenters. The second-order valence-corrected chi connectivity index (χ2v) is 9.16. The van der Waals surface area contributed by atoms with Crippen molar-refractivity contribution in [2.45, 2.75) is 119 Å². The van der Waals surface area contributed by atoms with Crippen LogP contribution in [0.25, 0.3) is 0 Å². The first kappa shape index (κ1) is 23.0. The molecule has 0 aliphatic carbocycles. The molecule has 0 bridgehead atoms. The Morgan fingerprint density at radius 3 is 1.70 bits per heavy atom. The molecule has 0 saturated carbocycles. The summed E-state index contributed by atoms with van der Waals surface area (Å²) in [4.78, 5) is 2.84. The van der Waals surface area contributed by atoms with E-state index in [1.54, 1.807) is 0 Å². The molecule has 0 fully saturated rings. The van der Waals surface area contributed by atoms with Gasteiger partial charge in [0, 0.05) is 17.6 Å². The monoisotopic (exact) mass is 325 g/mol. The van der Waals surface area contributed by atoms with Crippen molar-refractivity contribution in [1.82, 2.24) is 4.90 Å². The molecule has 140 valence electrons. The lowest BCUT2D eigenvalue weighted by molar-refractivity contribution is -0.0438. The highest BCUT2D eigenvalue weighted by Crippen LogP contribution is 2.41. The lowest BCUT2D eigenvalue weighted by Gasteiger charge is -2.53. The largest absolute Gasteiger partial charge is 0.292 e. The minimum Gasteiger partial charge on any atom is -0.292 e. The van der Waals surface area contributed by atoms with Crippen LogP contribution in [-0.4, -0.2) is 22.5 Å². The number of rotatable bonds is 11. The van der Waals surface area contributed by atoms with Crippen molar-refractivity contribution >= 4 is 0 Å². The van der Waals surface area contributed by atoms with Gasteiger partial charge in [0.15, 0.2) is 0 Å². The molecule has 0 aromatic rings. The van der Waals surface area contributed by atoms with Crippen LogP contribution in [0.4, 0.5) is 0 Å². The third-order valence-corrected chi connectivity index (χ3v) is 6.39. The Kier molecular flexibility index (Phi) is 10.0. The van der Waals surface area contributed by atoms with Gasteiger partial charge in [-0.3, -0.25) is 4.90 Å². The molecule has 0 radical (unpaired) electrons. The van der Waals surface area contributed by atoms with Crippen LogP contribution in [0, 0.1) is 23.7 Å². The van der Waals surface area contributed by atoms with Gasteiger partial charge in [-0.05, 0) is 64.2 Å². The molecule has 0 aliphatic rings. The highest BCUT2D eigenvalue weighted by Gasteiger charge is 2.42. The van der Waals surface area contributed by atoms with Gasteiger partial charge >= 0.3 is 0 Å². The maximum atomic E-state index is 2.84. The van der Waals surface area contributed by atoms with Crippen LogP contribution in [0.5, 0.6) is 0 Å². The Labute approximate surface area is 148 Å². The molecule has 0 heterocycles. The van der Waals surface area contributed by atoms with Gasteiger partial charge in [0.1, 0.15) is 0 Å². The number of hydrogen-bond donors (Lipinski definition) is 0. The lowest BCUT2D eigenvalue weighted by Crippen LogP contribution is -2.59. The van der Waals surface area contributed by atoms with E-state index in [0.717, 1.165) is 17.8 Å². The topological polar surface area (TPSA) is 3.24 Å². The van der Waals surface area contributed by atoms with Crippen molar-refractivity contribution in [2.24, 2.45) is 23.7 Å². The van der Waals surface area contributed by atoms with E-state index in [1.165, 1.54) is 25.7 Å². The first-order valence-electron chi connectivity index (χ1n) is 10.3. The Morgan fingerprint density at radius 2 is 1.39 bits per heavy atom. The zero-order valence-corrected chi connectivity index (χ0v) is 18.2. The Balaban J connectivity index is 5.64. The first-order chi connectivity index (χ1) is 10.5. The number of nitrogens with zero attached hydrogens (tertiary/aromatic N) is 1. The van der Waals surface area contributed by atoms with Crippen molar-refractivity contribution in [3.63, 3.8) is 0 Å². The smallest absolute Gasteiger partial charge is 0.0212 e. The number of hydrogen-bond acceptors (Lipinski definition) is 1. The summed E-state index contributed by atoms with van der Waals surface area (Å²) in [6.45, 7) is 26.5. The van der Waals surface area contributed by atoms with E-state index in [1.807, 2.05) is 0 Å². The van der Waals surface area contributed by atoms with Crippen LogP contribution in [0.15, 0.2) is 0 Å². The molecular formula is C22H47N. The highest BCUT2D eigenvalue weighted by molar-refractivity contribution is 4.97. The van der Waals surface area contributed by atoms with E-state index >= 15 is 0 Å². The predicted octanol–water partition coefficient (Wildman–Crippen LogP) is 7.01. The van der Waals surface area contributed by atoms with E-state index in [-0.39, 0.29) is 5.54 Å². The van der Waals surface area contributed by atoms with E-state index in [0.29, 0.717) is 18.0 Å². The minimum absolute atomic E-state index is 0.284. The second kappa shape index (κ2) is 10.1. The zero-order valence-electron chi connectivity index (χ0n) is 18.2. The normalized spacial score (nSPS) is 19.4. The highest BCUT2D eigenvalue weighted by atomic mass is 15.2. The third-order valence-electron chi connectivity index (χ3n) is 6.39. The molecule has 23 heavy (non-hydrogen) atoms. The van der Waals surface area contributed by atoms with Crippen LogP contribution in [0.2, 0.25) is 0 Å². The molecule has 0 amide bonds. The van der Waals surface area contributed by atoms with Gasteiger partial charge in [-0.15, -0.1) is 0 Å². The Bertz CT molecular complexity index is 307. The zero-order chi connectivity index (χ0) is 18.4. The molecular weight excluding hydrogens is 278 g/mol. The van der Waals surface area contributed by atoms with Gasteiger partial charge in [0.05, 0.1) is 0 Å². The summed E-state index contributed by atoms with van der Waals surface area (Å²) < 4.78 is 0. The molecule has 0 rings (SSSR count). The summed E-state index contributed by atoms with van der Waals surface area (Å²) in [5.41, 5.74) is 0.284. The maximum Gasteiger partial charge on any atom is 0.0212 e. The van der Waals surface area contributed by atoms with Crippen LogP contribution in [-0.2, 0) is 0 Å². The first-order valence-corrected chi connectivity index (χ1v) is 10.3. The van der Waals surface area contributed by atoms with Crippen LogP contribution in [0.3, 0.4) is 0 Å². The van der Waals surface area contributed by atoms with Gasteiger partial charge in [-0.1, -0.05) is 61.3 Å². The van der Waals surface area contributed by atoms with E-state index in [4.69, 9.17) is 0 Å².